The van der Waals surface area contributed by atoms with Crippen molar-refractivity contribution in [1.82, 2.24) is 0 Å². The molecule has 4 N–H and O–H groups in total. The van der Waals surface area contributed by atoms with Crippen molar-refractivity contribution in [2.45, 2.75) is 31.3 Å². The van der Waals surface area contributed by atoms with E-state index in [1.165, 1.54) is 0 Å². The molecule has 0 aromatic heterocycles. The monoisotopic (exact) mass is 223 g/mol. The minimum absolute atomic E-state index is 0.0343. The number of carboxylic acid groups (broad SMARTS) is 1. The van der Waals surface area contributed by atoms with Crippen LogP contribution in [0.3, 0.4) is 0 Å². The molecule has 0 aromatic rings. The molecule has 14 heavy (non-hydrogen) atoms. The summed E-state index contributed by atoms with van der Waals surface area (Å²) in [5.41, 5.74) is 4.03. The molecule has 1 aliphatic rings. The van der Waals surface area contributed by atoms with Gasteiger partial charge < -0.3 is 20.7 Å². The van der Waals surface area contributed by atoms with Gasteiger partial charge in [-0.25, -0.2) is 4.79 Å². The SMILES string of the molecule is CCC1(C)OC(CO)CS1.NC(=O)O. The Balaban J connectivity index is 0.000000364. The molecule has 0 bridgehead atoms. The second-order valence-corrected chi connectivity index (χ2v) is 4.54. The number of amides is 1. The Morgan fingerprint density at radius 2 is 2.29 bits per heavy atom. The van der Waals surface area contributed by atoms with Crippen molar-refractivity contribution in [3.63, 3.8) is 0 Å². The van der Waals surface area contributed by atoms with Crippen LogP contribution in [0.1, 0.15) is 20.3 Å². The molecule has 1 saturated heterocycles. The Labute approximate surface area is 87.6 Å². The Hall–Kier alpha value is -0.460. The first kappa shape index (κ1) is 13.5. The number of hydrogen-bond donors (Lipinski definition) is 3. The van der Waals surface area contributed by atoms with Crippen LogP contribution in [-0.4, -0.2) is 39.7 Å². The van der Waals surface area contributed by atoms with Crippen molar-refractivity contribution >= 4 is 17.9 Å². The van der Waals surface area contributed by atoms with Gasteiger partial charge in [-0.05, 0) is 13.3 Å². The lowest BCUT2D eigenvalue weighted by molar-refractivity contribution is -0.0238. The third-order valence-corrected chi connectivity index (χ3v) is 3.37. The summed E-state index contributed by atoms with van der Waals surface area (Å²) in [7, 11) is 0. The van der Waals surface area contributed by atoms with Crippen LogP contribution in [0.25, 0.3) is 0 Å². The van der Waals surface area contributed by atoms with Crippen LogP contribution in [0.15, 0.2) is 0 Å². The normalized spacial score (nSPS) is 30.6. The highest BCUT2D eigenvalue weighted by atomic mass is 32.2. The van der Waals surface area contributed by atoms with E-state index >= 15 is 0 Å². The summed E-state index contributed by atoms with van der Waals surface area (Å²) in [6.45, 7) is 4.34. The number of ether oxygens (including phenoxy) is 1. The maximum Gasteiger partial charge on any atom is 0.402 e. The van der Waals surface area contributed by atoms with Gasteiger partial charge in [0.05, 0.1) is 12.7 Å². The van der Waals surface area contributed by atoms with Gasteiger partial charge in [-0.2, -0.15) is 0 Å². The fourth-order valence-electron chi connectivity index (χ4n) is 0.965. The Morgan fingerprint density at radius 1 is 1.79 bits per heavy atom. The van der Waals surface area contributed by atoms with Gasteiger partial charge in [0.1, 0.15) is 4.93 Å². The fourth-order valence-corrected chi connectivity index (χ4v) is 2.09. The molecule has 84 valence electrons. The largest absolute Gasteiger partial charge is 0.465 e. The molecule has 0 aromatic carbocycles. The van der Waals surface area contributed by atoms with Crippen LogP contribution in [-0.2, 0) is 4.74 Å². The van der Waals surface area contributed by atoms with Gasteiger partial charge >= 0.3 is 6.09 Å². The molecular formula is C8H17NO4S. The van der Waals surface area contributed by atoms with E-state index in [0.717, 1.165) is 12.2 Å². The third kappa shape index (κ3) is 5.31. The van der Waals surface area contributed by atoms with E-state index in [4.69, 9.17) is 19.7 Å². The Kier molecular flexibility index (Phi) is 5.90. The number of nitrogens with two attached hydrogens (primary N) is 1. The predicted molar refractivity (Wildman–Crippen MR) is 55.3 cm³/mol. The molecule has 0 saturated carbocycles. The van der Waals surface area contributed by atoms with Crippen LogP contribution >= 0.6 is 11.8 Å². The minimum Gasteiger partial charge on any atom is -0.465 e. The third-order valence-electron chi connectivity index (χ3n) is 1.84. The van der Waals surface area contributed by atoms with E-state index in [1.54, 1.807) is 11.8 Å². The number of aliphatic hydroxyl groups excluding tert-OH is 1. The summed E-state index contributed by atoms with van der Waals surface area (Å²) in [4.78, 5) is 8.74. The molecule has 0 radical (unpaired) electrons. The smallest absolute Gasteiger partial charge is 0.402 e. The second-order valence-electron chi connectivity index (χ2n) is 3.06. The average Bonchev–Trinajstić information content (AvgIpc) is 2.48. The number of hydrogen-bond acceptors (Lipinski definition) is 4. The lowest BCUT2D eigenvalue weighted by Crippen LogP contribution is -2.23. The summed E-state index contributed by atoms with van der Waals surface area (Å²) >= 11 is 1.80. The highest BCUT2D eigenvalue weighted by molar-refractivity contribution is 8.00. The van der Waals surface area contributed by atoms with Gasteiger partial charge in [0.15, 0.2) is 0 Å². The standard InChI is InChI=1S/C7H14O2S.CH3NO2/c1-3-7(2)9-6(4-8)5-10-7;2-1(3)4/h6,8H,3-5H2,1-2H3;2H2,(H,3,4). The van der Waals surface area contributed by atoms with Gasteiger partial charge in [-0.1, -0.05) is 6.92 Å². The zero-order valence-electron chi connectivity index (χ0n) is 8.40. The number of aliphatic hydroxyl groups is 1. The maximum absolute atomic E-state index is 8.78. The molecule has 5 nitrogen and oxygen atoms in total. The second kappa shape index (κ2) is 6.10. The molecule has 6 heteroatoms. The van der Waals surface area contributed by atoms with Crippen LogP contribution < -0.4 is 5.73 Å². The molecule has 0 spiro atoms. The zero-order valence-corrected chi connectivity index (χ0v) is 9.21. The van der Waals surface area contributed by atoms with Crippen molar-refractivity contribution in [3.8, 4) is 0 Å². The highest BCUT2D eigenvalue weighted by Gasteiger charge is 2.34. The molecular weight excluding hydrogens is 206 g/mol. The lowest BCUT2D eigenvalue weighted by atomic mass is 10.3. The lowest BCUT2D eigenvalue weighted by Gasteiger charge is -2.20. The first-order valence-corrected chi connectivity index (χ1v) is 5.33. The quantitative estimate of drug-likeness (QED) is 0.645. The maximum atomic E-state index is 8.78. The molecule has 1 heterocycles. The average molecular weight is 223 g/mol. The first-order chi connectivity index (χ1) is 6.43. The number of rotatable bonds is 2. The molecule has 2 unspecified atom stereocenters. The number of thioether (sulfide) groups is 1. The van der Waals surface area contributed by atoms with E-state index in [-0.39, 0.29) is 17.6 Å². The van der Waals surface area contributed by atoms with E-state index in [2.05, 4.69) is 19.6 Å². The van der Waals surface area contributed by atoms with Crippen molar-refractivity contribution in [2.24, 2.45) is 5.73 Å². The van der Waals surface area contributed by atoms with Crippen molar-refractivity contribution < 1.29 is 19.7 Å². The molecule has 1 amide bonds. The minimum atomic E-state index is -1.33. The Morgan fingerprint density at radius 3 is 2.50 bits per heavy atom. The van der Waals surface area contributed by atoms with E-state index in [1.807, 2.05) is 0 Å². The predicted octanol–water partition coefficient (Wildman–Crippen LogP) is 0.860. The molecule has 2 atom stereocenters. The molecule has 1 fully saturated rings. The topological polar surface area (TPSA) is 92.8 Å². The summed E-state index contributed by atoms with van der Waals surface area (Å²) in [5, 5.41) is 15.9. The van der Waals surface area contributed by atoms with Crippen molar-refractivity contribution in [3.05, 3.63) is 0 Å². The molecule has 0 aliphatic carbocycles. The molecule has 1 rings (SSSR count). The zero-order chi connectivity index (χ0) is 11.2. The van der Waals surface area contributed by atoms with Gasteiger partial charge in [0, 0.05) is 5.75 Å². The van der Waals surface area contributed by atoms with Crippen LogP contribution in [0.2, 0.25) is 0 Å². The van der Waals surface area contributed by atoms with Crippen LogP contribution in [0.5, 0.6) is 0 Å². The van der Waals surface area contributed by atoms with Crippen molar-refractivity contribution in [1.29, 1.82) is 0 Å². The first-order valence-electron chi connectivity index (χ1n) is 4.34. The summed E-state index contributed by atoms with van der Waals surface area (Å²) in [6, 6.07) is 0. The highest BCUT2D eigenvalue weighted by Crippen LogP contribution is 2.38. The van der Waals surface area contributed by atoms with E-state index in [0.29, 0.717) is 0 Å². The summed E-state index contributed by atoms with van der Waals surface area (Å²) in [5.74, 6) is 0.931. The van der Waals surface area contributed by atoms with E-state index in [9.17, 15) is 0 Å². The van der Waals surface area contributed by atoms with Gasteiger partial charge in [-0.3, -0.25) is 0 Å². The van der Waals surface area contributed by atoms with E-state index < -0.39 is 6.09 Å². The Bertz CT molecular complexity index is 186. The van der Waals surface area contributed by atoms with Gasteiger partial charge in [-0.15, -0.1) is 11.8 Å². The number of primary amides is 1. The van der Waals surface area contributed by atoms with Gasteiger partial charge in [0.2, 0.25) is 0 Å². The van der Waals surface area contributed by atoms with Crippen LogP contribution in [0.4, 0.5) is 4.79 Å². The van der Waals surface area contributed by atoms with Crippen molar-refractivity contribution in [2.75, 3.05) is 12.4 Å². The number of carbonyl (C=O) groups is 1. The summed E-state index contributed by atoms with van der Waals surface area (Å²) in [6.07, 6.45) is -0.260. The van der Waals surface area contributed by atoms with Gasteiger partial charge in [0.25, 0.3) is 0 Å². The fraction of sp³-hybridized carbons (Fsp3) is 0.875. The van der Waals surface area contributed by atoms with Crippen LogP contribution in [0, 0.1) is 0 Å². The molecule has 1 aliphatic heterocycles. The summed E-state index contributed by atoms with van der Waals surface area (Å²) < 4.78 is 5.56.